The topological polar surface area (TPSA) is 86.9 Å². The van der Waals surface area contributed by atoms with E-state index in [0.717, 1.165) is 16.9 Å². The number of aromatic nitrogens is 5. The number of hydrogen-bond acceptors (Lipinski definition) is 8. The van der Waals surface area contributed by atoms with Gasteiger partial charge in [0, 0.05) is 30.7 Å². The molecule has 9 nitrogen and oxygen atoms in total. The standard InChI is InChI=1S/C19H18N6O3/c1-26-16-10-13(11-17(27-2)18(16)28-3)24(19-20-7-5-8-21-19)15-12-23-25-14(15)6-4-9-22-25/h4-12H,1-3H3. The Morgan fingerprint density at radius 1 is 0.857 bits per heavy atom. The highest BCUT2D eigenvalue weighted by atomic mass is 16.5. The van der Waals surface area contributed by atoms with Crippen LogP contribution in [0.15, 0.2) is 55.1 Å². The van der Waals surface area contributed by atoms with Gasteiger partial charge in [-0.1, -0.05) is 0 Å². The lowest BCUT2D eigenvalue weighted by Gasteiger charge is -2.23. The molecule has 0 unspecified atom stereocenters. The molecule has 4 aromatic rings. The summed E-state index contributed by atoms with van der Waals surface area (Å²) in [5, 5.41) is 8.57. The third-order valence-corrected chi connectivity index (χ3v) is 4.18. The van der Waals surface area contributed by atoms with Gasteiger partial charge in [0.2, 0.25) is 11.7 Å². The summed E-state index contributed by atoms with van der Waals surface area (Å²) in [6.07, 6.45) is 6.74. The van der Waals surface area contributed by atoms with Gasteiger partial charge in [0.25, 0.3) is 0 Å². The zero-order chi connectivity index (χ0) is 19.5. The van der Waals surface area contributed by atoms with Gasteiger partial charge in [-0.05, 0) is 18.2 Å². The first kappa shape index (κ1) is 17.5. The molecule has 0 amide bonds. The van der Waals surface area contributed by atoms with Gasteiger partial charge >= 0.3 is 0 Å². The van der Waals surface area contributed by atoms with E-state index in [1.165, 1.54) is 0 Å². The van der Waals surface area contributed by atoms with E-state index in [1.807, 2.05) is 29.2 Å². The van der Waals surface area contributed by atoms with Gasteiger partial charge in [-0.15, -0.1) is 4.63 Å². The van der Waals surface area contributed by atoms with Crippen LogP contribution < -0.4 is 19.1 Å². The van der Waals surface area contributed by atoms with Crippen molar-refractivity contribution in [1.29, 1.82) is 0 Å². The van der Waals surface area contributed by atoms with E-state index >= 15 is 0 Å². The number of anilines is 3. The van der Waals surface area contributed by atoms with Gasteiger partial charge < -0.3 is 14.2 Å². The highest BCUT2D eigenvalue weighted by Crippen LogP contribution is 2.44. The molecule has 0 bridgehead atoms. The van der Waals surface area contributed by atoms with Crippen LogP contribution >= 0.6 is 0 Å². The number of nitrogens with zero attached hydrogens (tertiary/aromatic N) is 6. The molecule has 142 valence electrons. The second-order valence-electron chi connectivity index (χ2n) is 5.70. The van der Waals surface area contributed by atoms with Gasteiger partial charge in [-0.3, -0.25) is 4.90 Å². The third-order valence-electron chi connectivity index (χ3n) is 4.18. The van der Waals surface area contributed by atoms with Gasteiger partial charge in [0.1, 0.15) is 5.52 Å². The Labute approximate surface area is 161 Å². The lowest BCUT2D eigenvalue weighted by atomic mass is 10.2. The van der Waals surface area contributed by atoms with Crippen LogP contribution in [0.25, 0.3) is 5.52 Å². The number of ether oxygens (including phenoxy) is 3. The molecule has 3 heterocycles. The predicted molar refractivity (Wildman–Crippen MR) is 103 cm³/mol. The fourth-order valence-electron chi connectivity index (χ4n) is 2.96. The highest BCUT2D eigenvalue weighted by Gasteiger charge is 2.23. The fourth-order valence-corrected chi connectivity index (χ4v) is 2.96. The van der Waals surface area contributed by atoms with Crippen LogP contribution in [0.2, 0.25) is 0 Å². The summed E-state index contributed by atoms with van der Waals surface area (Å²) in [5.41, 5.74) is 2.27. The summed E-state index contributed by atoms with van der Waals surface area (Å²) in [4.78, 5) is 10.7. The molecule has 28 heavy (non-hydrogen) atoms. The van der Waals surface area contributed by atoms with Crippen LogP contribution in [0.3, 0.4) is 0 Å². The molecule has 0 radical (unpaired) electrons. The van der Waals surface area contributed by atoms with E-state index in [1.54, 1.807) is 56.8 Å². The summed E-state index contributed by atoms with van der Waals surface area (Å²) in [6.45, 7) is 0. The van der Waals surface area contributed by atoms with Crippen molar-refractivity contribution in [3.05, 3.63) is 55.1 Å². The molecule has 0 aliphatic heterocycles. The van der Waals surface area contributed by atoms with E-state index in [9.17, 15) is 0 Å². The number of methoxy groups -OCH3 is 3. The normalized spacial score (nSPS) is 10.7. The molecule has 9 heteroatoms. The van der Waals surface area contributed by atoms with Crippen molar-refractivity contribution < 1.29 is 14.2 Å². The van der Waals surface area contributed by atoms with Crippen LogP contribution in [0.5, 0.6) is 17.2 Å². The van der Waals surface area contributed by atoms with Crippen LogP contribution in [-0.2, 0) is 0 Å². The zero-order valence-corrected chi connectivity index (χ0v) is 15.6. The molecule has 0 atom stereocenters. The Hall–Kier alpha value is -3.88. The first-order valence-electron chi connectivity index (χ1n) is 8.43. The zero-order valence-electron chi connectivity index (χ0n) is 15.6. The quantitative estimate of drug-likeness (QED) is 0.506. The summed E-state index contributed by atoms with van der Waals surface area (Å²) in [7, 11) is 4.71. The Kier molecular flexibility index (Phi) is 4.63. The van der Waals surface area contributed by atoms with E-state index in [4.69, 9.17) is 14.2 Å². The van der Waals surface area contributed by atoms with Crippen molar-refractivity contribution in [2.24, 2.45) is 0 Å². The van der Waals surface area contributed by atoms with Crippen molar-refractivity contribution >= 4 is 22.8 Å². The molecule has 0 aliphatic rings. The molecular formula is C19H18N6O3. The smallest absolute Gasteiger partial charge is 0.234 e. The number of hydrogen-bond donors (Lipinski definition) is 0. The van der Waals surface area contributed by atoms with E-state index in [-0.39, 0.29) is 0 Å². The number of rotatable bonds is 6. The molecule has 4 rings (SSSR count). The molecule has 0 fully saturated rings. The number of benzene rings is 1. The summed E-state index contributed by atoms with van der Waals surface area (Å²) in [5.74, 6) is 2.01. The monoisotopic (exact) mass is 378 g/mol. The predicted octanol–water partition coefficient (Wildman–Crippen LogP) is 3.01. The molecule has 3 aromatic heterocycles. The molecule has 0 N–H and O–H groups in total. The molecule has 1 aromatic carbocycles. The van der Waals surface area contributed by atoms with Gasteiger partial charge in [0.05, 0.1) is 38.9 Å². The van der Waals surface area contributed by atoms with E-state index < -0.39 is 0 Å². The minimum absolute atomic E-state index is 0.468. The van der Waals surface area contributed by atoms with Crippen molar-refractivity contribution in [2.45, 2.75) is 0 Å². The largest absolute Gasteiger partial charge is 0.493 e. The maximum absolute atomic E-state index is 5.50. The average Bonchev–Trinajstić information content (AvgIpc) is 3.17. The first-order chi connectivity index (χ1) is 13.8. The summed E-state index contributed by atoms with van der Waals surface area (Å²) < 4.78 is 18.0. The van der Waals surface area contributed by atoms with Gasteiger partial charge in [-0.25, -0.2) is 9.97 Å². The first-order valence-corrected chi connectivity index (χ1v) is 8.43. The second-order valence-corrected chi connectivity index (χ2v) is 5.70. The minimum Gasteiger partial charge on any atom is -0.493 e. The van der Waals surface area contributed by atoms with Crippen LogP contribution in [-0.4, -0.2) is 46.1 Å². The van der Waals surface area contributed by atoms with E-state index in [2.05, 4.69) is 20.2 Å². The van der Waals surface area contributed by atoms with E-state index in [0.29, 0.717) is 23.2 Å². The van der Waals surface area contributed by atoms with Crippen molar-refractivity contribution in [2.75, 3.05) is 26.2 Å². The maximum atomic E-state index is 5.50. The Balaban J connectivity index is 1.97. The van der Waals surface area contributed by atoms with Crippen molar-refractivity contribution in [3.63, 3.8) is 0 Å². The average molecular weight is 378 g/mol. The third kappa shape index (κ3) is 2.92. The SMILES string of the molecule is COc1cc(N(c2ncccn2)c2cnn3ncccc23)cc(OC)c1OC. The molecular weight excluding hydrogens is 360 g/mol. The van der Waals surface area contributed by atoms with Crippen molar-refractivity contribution in [3.8, 4) is 17.2 Å². The second kappa shape index (κ2) is 7.39. The summed E-state index contributed by atoms with van der Waals surface area (Å²) in [6, 6.07) is 9.19. The lowest BCUT2D eigenvalue weighted by Crippen LogP contribution is -2.13. The fraction of sp³-hybridized carbons (Fsp3) is 0.158. The molecule has 0 aliphatic carbocycles. The van der Waals surface area contributed by atoms with Gasteiger partial charge in [0.15, 0.2) is 11.5 Å². The highest BCUT2D eigenvalue weighted by molar-refractivity contribution is 5.85. The number of fused-ring (bicyclic) bond motifs is 1. The Morgan fingerprint density at radius 3 is 2.21 bits per heavy atom. The maximum Gasteiger partial charge on any atom is 0.234 e. The minimum atomic E-state index is 0.468. The lowest BCUT2D eigenvalue weighted by molar-refractivity contribution is 0.324. The van der Waals surface area contributed by atoms with Gasteiger partial charge in [-0.2, -0.15) is 10.2 Å². The Morgan fingerprint density at radius 2 is 1.57 bits per heavy atom. The molecule has 0 saturated carbocycles. The van der Waals surface area contributed by atoms with Crippen LogP contribution in [0.4, 0.5) is 17.3 Å². The molecule has 0 saturated heterocycles. The summed E-state index contributed by atoms with van der Waals surface area (Å²) >= 11 is 0. The van der Waals surface area contributed by atoms with Crippen molar-refractivity contribution in [1.82, 2.24) is 24.8 Å². The van der Waals surface area contributed by atoms with Crippen LogP contribution in [0, 0.1) is 0 Å². The van der Waals surface area contributed by atoms with Crippen LogP contribution in [0.1, 0.15) is 0 Å². The molecule has 0 spiro atoms. The Bertz CT molecular complexity index is 1070.